The van der Waals surface area contributed by atoms with Crippen LogP contribution in [-0.2, 0) is 28.6 Å². The smallest absolute Gasteiger partial charge is 0.306 e. The predicted octanol–water partition coefficient (Wildman–Crippen LogP) is 25.3. The van der Waals surface area contributed by atoms with Gasteiger partial charge in [-0.1, -0.05) is 345 Å². The van der Waals surface area contributed by atoms with Gasteiger partial charge in [0.25, 0.3) is 0 Å². The van der Waals surface area contributed by atoms with E-state index in [2.05, 4.69) is 69.4 Å². The van der Waals surface area contributed by atoms with Gasteiger partial charge in [-0.3, -0.25) is 14.4 Å². The fourth-order valence-electron chi connectivity index (χ4n) is 11.0. The molecule has 6 nitrogen and oxygen atoms in total. The number of hydrogen-bond donors (Lipinski definition) is 0. The summed E-state index contributed by atoms with van der Waals surface area (Å²) in [6, 6.07) is 0. The third kappa shape index (κ3) is 68.2. The van der Waals surface area contributed by atoms with E-state index in [-0.39, 0.29) is 31.1 Å². The van der Waals surface area contributed by atoms with E-state index in [1.165, 1.54) is 283 Å². The van der Waals surface area contributed by atoms with Crippen LogP contribution in [0.15, 0.2) is 48.6 Å². The van der Waals surface area contributed by atoms with Crippen LogP contribution in [0.3, 0.4) is 0 Å². The molecule has 0 fully saturated rings. The predicted molar refractivity (Wildman–Crippen MR) is 358 cm³/mol. The number of allylic oxidation sites excluding steroid dienone is 8. The zero-order valence-electron chi connectivity index (χ0n) is 55.3. The van der Waals surface area contributed by atoms with Crippen LogP contribution in [0.5, 0.6) is 0 Å². The number of ether oxygens (including phenoxy) is 3. The maximum atomic E-state index is 13.0. The molecule has 0 amide bonds. The molecule has 1 unspecified atom stereocenters. The van der Waals surface area contributed by atoms with E-state index in [1.807, 2.05) is 0 Å². The maximum absolute atomic E-state index is 13.0. The number of carbonyl (C=O) groups is 3. The van der Waals surface area contributed by atoms with Gasteiger partial charge in [-0.2, -0.15) is 0 Å². The first-order valence-electron chi connectivity index (χ1n) is 36.6. The van der Waals surface area contributed by atoms with Crippen molar-refractivity contribution in [3.8, 4) is 0 Å². The summed E-state index contributed by atoms with van der Waals surface area (Å²) in [6.45, 7) is 6.69. The molecule has 0 heterocycles. The minimum atomic E-state index is -0.774. The van der Waals surface area contributed by atoms with Gasteiger partial charge in [0, 0.05) is 19.3 Å². The monoisotopic (exact) mass is 1150 g/mol. The fourth-order valence-corrected chi connectivity index (χ4v) is 11.0. The molecule has 1 atom stereocenters. The van der Waals surface area contributed by atoms with Crippen LogP contribution in [0.4, 0.5) is 0 Å². The molecule has 0 saturated heterocycles. The molecule has 480 valence electrons. The average molecular weight is 1150 g/mol. The molecule has 0 rings (SSSR count). The first kappa shape index (κ1) is 79.4. The van der Waals surface area contributed by atoms with Gasteiger partial charge in [0.2, 0.25) is 0 Å². The van der Waals surface area contributed by atoms with Crippen LogP contribution in [0.1, 0.15) is 400 Å². The molecule has 82 heavy (non-hydrogen) atoms. The molecule has 6 heteroatoms. The first-order chi connectivity index (χ1) is 40.5. The topological polar surface area (TPSA) is 78.9 Å². The molecule has 0 bridgehead atoms. The highest BCUT2D eigenvalue weighted by molar-refractivity contribution is 5.71. The van der Waals surface area contributed by atoms with Crippen molar-refractivity contribution in [1.29, 1.82) is 0 Å². The lowest BCUT2D eigenvalue weighted by Gasteiger charge is -2.18. The number of unbranched alkanes of at least 4 members (excludes halogenated alkanes) is 49. The second kappa shape index (κ2) is 70.9. The Bertz CT molecular complexity index is 1410. The first-order valence-corrected chi connectivity index (χ1v) is 36.6. The Morgan fingerprint density at radius 2 is 0.439 bits per heavy atom. The Morgan fingerprint density at radius 3 is 0.695 bits per heavy atom. The standard InChI is InChI=1S/C76H140O6/c1-4-7-10-13-16-19-22-25-28-30-32-33-34-35-36-37-38-39-40-41-42-43-44-46-48-51-54-57-60-63-66-69-75(78)81-72-73(71-80-74(77)68-65-62-59-56-53-50-47-27-24-21-18-15-12-9-6-3)82-76(79)70-67-64-61-58-55-52-49-45-31-29-26-23-20-17-14-11-8-5-2/h22,25,27,30,32,34-35,47,73H,4-21,23-24,26,28-29,31,33,36-46,48-72H2,1-3H3/b25-22-,32-30-,35-34-,47-27-. The van der Waals surface area contributed by atoms with Gasteiger partial charge in [-0.15, -0.1) is 0 Å². The maximum Gasteiger partial charge on any atom is 0.306 e. The Kier molecular flexibility index (Phi) is 68.6. The molecule has 0 aliphatic heterocycles. The Hall–Kier alpha value is -2.63. The second-order valence-electron chi connectivity index (χ2n) is 24.9. The van der Waals surface area contributed by atoms with E-state index < -0.39 is 6.10 Å². The average Bonchev–Trinajstić information content (AvgIpc) is 3.47. The molecule has 0 N–H and O–H groups in total. The van der Waals surface area contributed by atoms with Crippen LogP contribution < -0.4 is 0 Å². The molecule has 0 aromatic rings. The summed E-state index contributed by atoms with van der Waals surface area (Å²) in [4.78, 5) is 38.5. The lowest BCUT2D eigenvalue weighted by molar-refractivity contribution is -0.167. The SMILES string of the molecule is CCCCCCC/C=C\C/C=C\C/C=C\CCCCCCCCCCCCCCCCCCC(=O)OCC(COC(=O)CCCCCCC/C=C\CCCCCCCC)OC(=O)CCCCCCCCCCCCCCCCCCCC. The molecule has 0 spiro atoms. The summed E-state index contributed by atoms with van der Waals surface area (Å²) < 4.78 is 17.0. The van der Waals surface area contributed by atoms with E-state index >= 15 is 0 Å². The van der Waals surface area contributed by atoms with Gasteiger partial charge < -0.3 is 14.2 Å². The normalized spacial score (nSPS) is 12.3. The zero-order valence-corrected chi connectivity index (χ0v) is 55.3. The summed E-state index contributed by atoms with van der Waals surface area (Å²) in [5, 5.41) is 0. The van der Waals surface area contributed by atoms with Gasteiger partial charge in [0.15, 0.2) is 6.10 Å². The summed E-state index contributed by atoms with van der Waals surface area (Å²) in [7, 11) is 0. The molecular weight excluding hydrogens is 1010 g/mol. The van der Waals surface area contributed by atoms with Crippen LogP contribution in [-0.4, -0.2) is 37.2 Å². The number of rotatable bonds is 68. The number of esters is 3. The summed E-state index contributed by atoms with van der Waals surface area (Å²) in [5.74, 6) is -0.850. The fraction of sp³-hybridized carbons (Fsp3) is 0.855. The molecule has 0 aromatic carbocycles. The van der Waals surface area contributed by atoms with Crippen LogP contribution in [0.2, 0.25) is 0 Å². The Balaban J connectivity index is 4.20. The van der Waals surface area contributed by atoms with Crippen molar-refractivity contribution in [1.82, 2.24) is 0 Å². The van der Waals surface area contributed by atoms with Crippen LogP contribution in [0, 0.1) is 0 Å². The quantitative estimate of drug-likeness (QED) is 0.0261. The third-order valence-electron chi connectivity index (χ3n) is 16.6. The van der Waals surface area contributed by atoms with Crippen LogP contribution in [0.25, 0.3) is 0 Å². The van der Waals surface area contributed by atoms with E-state index in [9.17, 15) is 14.4 Å². The van der Waals surface area contributed by atoms with Crippen molar-refractivity contribution >= 4 is 17.9 Å². The molecule has 0 radical (unpaired) electrons. The highest BCUT2D eigenvalue weighted by Crippen LogP contribution is 2.18. The summed E-state index contributed by atoms with van der Waals surface area (Å²) in [5.41, 5.74) is 0. The largest absolute Gasteiger partial charge is 0.462 e. The lowest BCUT2D eigenvalue weighted by Crippen LogP contribution is -2.30. The van der Waals surface area contributed by atoms with Gasteiger partial charge in [0.1, 0.15) is 13.2 Å². The van der Waals surface area contributed by atoms with Crippen molar-refractivity contribution in [2.45, 2.75) is 406 Å². The number of hydrogen-bond acceptors (Lipinski definition) is 6. The minimum absolute atomic E-state index is 0.0702. The molecule has 0 aliphatic carbocycles. The Labute approximate surface area is 511 Å². The van der Waals surface area contributed by atoms with E-state index in [4.69, 9.17) is 14.2 Å². The molecule has 0 aliphatic rings. The van der Waals surface area contributed by atoms with Gasteiger partial charge in [-0.25, -0.2) is 0 Å². The summed E-state index contributed by atoms with van der Waals surface area (Å²) in [6.07, 6.45) is 90.0. The minimum Gasteiger partial charge on any atom is -0.462 e. The zero-order chi connectivity index (χ0) is 59.2. The number of carbonyl (C=O) groups excluding carboxylic acids is 3. The van der Waals surface area contributed by atoms with Crippen LogP contribution >= 0.6 is 0 Å². The third-order valence-corrected chi connectivity index (χ3v) is 16.6. The van der Waals surface area contributed by atoms with E-state index in [0.29, 0.717) is 19.3 Å². The van der Waals surface area contributed by atoms with Crippen molar-refractivity contribution in [2.75, 3.05) is 13.2 Å². The highest BCUT2D eigenvalue weighted by Gasteiger charge is 2.19. The van der Waals surface area contributed by atoms with E-state index in [0.717, 1.165) is 77.0 Å². The molecule has 0 saturated carbocycles. The van der Waals surface area contributed by atoms with Gasteiger partial charge in [-0.05, 0) is 83.5 Å². The molecule has 0 aromatic heterocycles. The highest BCUT2D eigenvalue weighted by atomic mass is 16.6. The van der Waals surface area contributed by atoms with Crippen molar-refractivity contribution in [3.05, 3.63) is 48.6 Å². The van der Waals surface area contributed by atoms with Gasteiger partial charge in [0.05, 0.1) is 0 Å². The lowest BCUT2D eigenvalue weighted by atomic mass is 10.0. The van der Waals surface area contributed by atoms with Crippen molar-refractivity contribution in [2.24, 2.45) is 0 Å². The van der Waals surface area contributed by atoms with E-state index in [1.54, 1.807) is 0 Å². The van der Waals surface area contributed by atoms with Crippen molar-refractivity contribution < 1.29 is 28.6 Å². The Morgan fingerprint density at radius 1 is 0.244 bits per heavy atom. The van der Waals surface area contributed by atoms with Gasteiger partial charge >= 0.3 is 17.9 Å². The molecular formula is C76H140O6. The summed E-state index contributed by atoms with van der Waals surface area (Å²) >= 11 is 0. The second-order valence-corrected chi connectivity index (χ2v) is 24.9. The van der Waals surface area contributed by atoms with Crippen molar-refractivity contribution in [3.63, 3.8) is 0 Å².